The Bertz CT molecular complexity index is 551. The fourth-order valence-corrected chi connectivity index (χ4v) is 2.52. The van der Waals surface area contributed by atoms with E-state index in [-0.39, 0.29) is 0 Å². The van der Waals surface area contributed by atoms with Crippen LogP contribution in [0, 0.1) is 6.92 Å². The summed E-state index contributed by atoms with van der Waals surface area (Å²) in [5, 5.41) is 3.98. The fraction of sp³-hybridized carbons (Fsp3) is 0.286. The van der Waals surface area contributed by atoms with Gasteiger partial charge in [-0.3, -0.25) is 0 Å². The molecule has 0 atom stereocenters. The molecular weight excluding hydrogens is 314 g/mol. The van der Waals surface area contributed by atoms with Gasteiger partial charge in [0.2, 0.25) is 0 Å². The maximum absolute atomic E-state index is 6.15. The Morgan fingerprint density at radius 2 is 2.11 bits per heavy atom. The van der Waals surface area contributed by atoms with Crippen molar-refractivity contribution in [3.8, 4) is 11.3 Å². The average Bonchev–Trinajstić information content (AvgIpc) is 2.79. The van der Waals surface area contributed by atoms with Gasteiger partial charge in [0.05, 0.1) is 6.54 Å². The van der Waals surface area contributed by atoms with Gasteiger partial charge in [0, 0.05) is 15.1 Å². The molecule has 0 bridgehead atoms. The molecule has 1 aromatic carbocycles. The maximum Gasteiger partial charge on any atom is 0.135 e. The number of rotatable bonds is 4. The average molecular weight is 329 g/mol. The standard InChI is InChI=1S/C14H15BrClNO/c1-3-17-8-10-4-5-14(18-10)11-7-13(16)9(2)6-12(11)15/h4-7,17H,3,8H2,1-2H3. The summed E-state index contributed by atoms with van der Waals surface area (Å²) in [5.41, 5.74) is 2.03. The molecule has 1 N–H and O–H groups in total. The highest BCUT2D eigenvalue weighted by atomic mass is 79.9. The van der Waals surface area contributed by atoms with Crippen LogP contribution in [-0.2, 0) is 6.54 Å². The van der Waals surface area contributed by atoms with Crippen LogP contribution < -0.4 is 5.32 Å². The highest BCUT2D eigenvalue weighted by molar-refractivity contribution is 9.10. The second-order valence-corrected chi connectivity index (χ2v) is 5.39. The van der Waals surface area contributed by atoms with Crippen molar-refractivity contribution < 1.29 is 4.42 Å². The van der Waals surface area contributed by atoms with Crippen molar-refractivity contribution in [1.29, 1.82) is 0 Å². The topological polar surface area (TPSA) is 25.2 Å². The number of hydrogen-bond donors (Lipinski definition) is 1. The lowest BCUT2D eigenvalue weighted by Crippen LogP contribution is -2.10. The third-order valence-electron chi connectivity index (χ3n) is 2.72. The number of aryl methyl sites for hydroxylation is 1. The molecule has 0 aliphatic rings. The van der Waals surface area contributed by atoms with Crippen LogP contribution >= 0.6 is 27.5 Å². The summed E-state index contributed by atoms with van der Waals surface area (Å²) in [4.78, 5) is 0. The Labute approximate surface area is 120 Å². The fourth-order valence-electron chi connectivity index (χ4n) is 1.70. The van der Waals surface area contributed by atoms with E-state index in [2.05, 4.69) is 28.2 Å². The summed E-state index contributed by atoms with van der Waals surface area (Å²) in [6.07, 6.45) is 0. The summed E-state index contributed by atoms with van der Waals surface area (Å²) < 4.78 is 6.79. The highest BCUT2D eigenvalue weighted by Gasteiger charge is 2.10. The number of nitrogens with one attached hydrogen (secondary N) is 1. The van der Waals surface area contributed by atoms with E-state index in [0.717, 1.165) is 45.2 Å². The van der Waals surface area contributed by atoms with Gasteiger partial charge in [-0.2, -0.15) is 0 Å². The van der Waals surface area contributed by atoms with Gasteiger partial charge in [-0.15, -0.1) is 0 Å². The Morgan fingerprint density at radius 1 is 1.33 bits per heavy atom. The van der Waals surface area contributed by atoms with Gasteiger partial charge >= 0.3 is 0 Å². The molecule has 0 amide bonds. The summed E-state index contributed by atoms with van der Waals surface area (Å²) in [7, 11) is 0. The van der Waals surface area contributed by atoms with Crippen molar-refractivity contribution in [3.63, 3.8) is 0 Å². The third kappa shape index (κ3) is 2.97. The Balaban J connectivity index is 2.31. The van der Waals surface area contributed by atoms with Crippen LogP contribution in [0.1, 0.15) is 18.2 Å². The van der Waals surface area contributed by atoms with E-state index in [1.165, 1.54) is 0 Å². The molecule has 4 heteroatoms. The molecule has 0 spiro atoms. The Morgan fingerprint density at radius 3 is 2.83 bits per heavy atom. The Kier molecular flexibility index (Phi) is 4.49. The van der Waals surface area contributed by atoms with E-state index < -0.39 is 0 Å². The molecule has 0 fully saturated rings. The first kappa shape index (κ1) is 13.7. The van der Waals surface area contributed by atoms with E-state index in [1.54, 1.807) is 0 Å². The maximum atomic E-state index is 6.15. The van der Waals surface area contributed by atoms with Crippen LogP contribution in [0.5, 0.6) is 0 Å². The summed E-state index contributed by atoms with van der Waals surface area (Å²) in [5.74, 6) is 1.76. The van der Waals surface area contributed by atoms with E-state index >= 15 is 0 Å². The zero-order chi connectivity index (χ0) is 13.1. The van der Waals surface area contributed by atoms with Crippen LogP contribution in [0.3, 0.4) is 0 Å². The van der Waals surface area contributed by atoms with Crippen molar-refractivity contribution in [1.82, 2.24) is 5.32 Å². The van der Waals surface area contributed by atoms with Crippen molar-refractivity contribution in [2.75, 3.05) is 6.54 Å². The molecule has 0 aliphatic heterocycles. The van der Waals surface area contributed by atoms with E-state index in [9.17, 15) is 0 Å². The monoisotopic (exact) mass is 327 g/mol. The molecular formula is C14H15BrClNO. The van der Waals surface area contributed by atoms with Crippen molar-refractivity contribution in [3.05, 3.63) is 45.1 Å². The largest absolute Gasteiger partial charge is 0.460 e. The van der Waals surface area contributed by atoms with Crippen LogP contribution in [0.2, 0.25) is 5.02 Å². The first-order valence-electron chi connectivity index (χ1n) is 5.87. The van der Waals surface area contributed by atoms with E-state index in [1.807, 2.05) is 31.2 Å². The SMILES string of the molecule is CCNCc1ccc(-c2cc(Cl)c(C)cc2Br)o1. The van der Waals surface area contributed by atoms with Crippen molar-refractivity contribution >= 4 is 27.5 Å². The van der Waals surface area contributed by atoms with Crippen molar-refractivity contribution in [2.45, 2.75) is 20.4 Å². The summed E-state index contributed by atoms with van der Waals surface area (Å²) >= 11 is 9.70. The first-order valence-corrected chi connectivity index (χ1v) is 7.04. The van der Waals surface area contributed by atoms with Crippen LogP contribution in [-0.4, -0.2) is 6.54 Å². The molecule has 0 radical (unpaired) electrons. The molecule has 0 aliphatic carbocycles. The number of benzene rings is 1. The van der Waals surface area contributed by atoms with Gasteiger partial charge in [0.15, 0.2) is 0 Å². The predicted octanol–water partition coefficient (Wildman–Crippen LogP) is 4.78. The normalized spacial score (nSPS) is 10.9. The lowest BCUT2D eigenvalue weighted by atomic mass is 10.1. The second kappa shape index (κ2) is 5.91. The first-order chi connectivity index (χ1) is 8.61. The molecule has 0 saturated carbocycles. The lowest BCUT2D eigenvalue weighted by molar-refractivity contribution is 0.498. The summed E-state index contributed by atoms with van der Waals surface area (Å²) in [6.45, 7) is 5.72. The highest BCUT2D eigenvalue weighted by Crippen LogP contribution is 2.33. The molecule has 2 aromatic rings. The minimum absolute atomic E-state index is 0.744. The van der Waals surface area contributed by atoms with E-state index in [0.29, 0.717) is 0 Å². The molecule has 18 heavy (non-hydrogen) atoms. The quantitative estimate of drug-likeness (QED) is 0.873. The molecule has 2 nitrogen and oxygen atoms in total. The number of hydrogen-bond acceptors (Lipinski definition) is 2. The number of furan rings is 1. The minimum atomic E-state index is 0.744. The molecule has 1 aromatic heterocycles. The predicted molar refractivity (Wildman–Crippen MR) is 79.0 cm³/mol. The van der Waals surface area contributed by atoms with E-state index in [4.69, 9.17) is 16.0 Å². The molecule has 96 valence electrons. The third-order valence-corrected chi connectivity index (χ3v) is 3.79. The molecule has 1 heterocycles. The Hall–Kier alpha value is -0.770. The number of halogens is 2. The van der Waals surface area contributed by atoms with Crippen molar-refractivity contribution in [2.24, 2.45) is 0 Å². The molecule has 2 rings (SSSR count). The van der Waals surface area contributed by atoms with Gasteiger partial charge in [0.1, 0.15) is 11.5 Å². The van der Waals surface area contributed by atoms with Gasteiger partial charge in [-0.05, 0) is 43.3 Å². The minimum Gasteiger partial charge on any atom is -0.460 e. The smallest absolute Gasteiger partial charge is 0.135 e. The summed E-state index contributed by atoms with van der Waals surface area (Å²) in [6, 6.07) is 7.89. The van der Waals surface area contributed by atoms with Gasteiger partial charge in [-0.1, -0.05) is 34.5 Å². The van der Waals surface area contributed by atoms with Crippen LogP contribution in [0.15, 0.2) is 33.2 Å². The zero-order valence-corrected chi connectivity index (χ0v) is 12.7. The van der Waals surface area contributed by atoms with Crippen LogP contribution in [0.25, 0.3) is 11.3 Å². The molecule has 0 saturated heterocycles. The van der Waals surface area contributed by atoms with Gasteiger partial charge < -0.3 is 9.73 Å². The van der Waals surface area contributed by atoms with Gasteiger partial charge in [-0.25, -0.2) is 0 Å². The van der Waals surface area contributed by atoms with Gasteiger partial charge in [0.25, 0.3) is 0 Å². The van der Waals surface area contributed by atoms with Crippen LogP contribution in [0.4, 0.5) is 0 Å². The molecule has 0 unspecified atom stereocenters. The second-order valence-electron chi connectivity index (χ2n) is 4.13. The lowest BCUT2D eigenvalue weighted by Gasteiger charge is -2.05. The zero-order valence-electron chi connectivity index (χ0n) is 10.4.